The Bertz CT molecular complexity index is 1540. The predicted molar refractivity (Wildman–Crippen MR) is 134 cm³/mol. The summed E-state index contributed by atoms with van der Waals surface area (Å²) in [5.41, 5.74) is 20.5. The van der Waals surface area contributed by atoms with Gasteiger partial charge in [-0.25, -0.2) is 13.4 Å². The first-order valence-electron chi connectivity index (χ1n) is 10.7. The Morgan fingerprint density at radius 1 is 0.943 bits per heavy atom. The first-order chi connectivity index (χ1) is 16.8. The van der Waals surface area contributed by atoms with Crippen molar-refractivity contribution in [3.63, 3.8) is 0 Å². The molecular formula is C25H23N5O4S. The third kappa shape index (κ3) is 4.08. The summed E-state index contributed by atoms with van der Waals surface area (Å²) in [6, 6.07) is 17.6. The van der Waals surface area contributed by atoms with Gasteiger partial charge in [-0.2, -0.15) is 4.98 Å². The Hall–Kier alpha value is -4.31. The van der Waals surface area contributed by atoms with E-state index in [1.165, 1.54) is 7.11 Å². The predicted octanol–water partition coefficient (Wildman–Crippen LogP) is 3.35. The number of ether oxygens (including phenoxy) is 2. The number of hydrogen-bond donors (Lipinski definition) is 3. The van der Waals surface area contributed by atoms with Crippen LogP contribution in [-0.2, 0) is 16.3 Å². The summed E-state index contributed by atoms with van der Waals surface area (Å²) in [7, 11) is -2.24. The number of anilines is 3. The highest BCUT2D eigenvalue weighted by atomic mass is 32.2. The maximum Gasteiger partial charge on any atom is 0.229 e. The van der Waals surface area contributed by atoms with Crippen LogP contribution in [0, 0.1) is 0 Å². The molecule has 2 bridgehead atoms. The zero-order valence-electron chi connectivity index (χ0n) is 18.8. The van der Waals surface area contributed by atoms with E-state index in [4.69, 9.17) is 26.7 Å². The number of rotatable bonds is 6. The molecule has 0 aliphatic carbocycles. The Labute approximate surface area is 202 Å². The van der Waals surface area contributed by atoms with Crippen molar-refractivity contribution in [3.8, 4) is 22.6 Å². The number of hydrogen-bond acceptors (Lipinski definition) is 9. The normalized spacial score (nSPS) is 15.6. The largest absolute Gasteiger partial charge is 0.493 e. The standard InChI is InChI=1S/C25H23N5O4S/c1-33-22-11-14(10-16-13-29-25(28)30-23(16)27)2-9-21(22)34-24-19-8-7-18(35(24,31)32)12-20(19)15-3-5-17(26)6-4-15/h2-9,11-13,24H,10,26H2,1H3,(H4,27,28,29,30). The van der Waals surface area contributed by atoms with Gasteiger partial charge in [0.2, 0.25) is 21.2 Å². The molecule has 10 heteroatoms. The lowest BCUT2D eigenvalue weighted by atomic mass is 9.99. The smallest absolute Gasteiger partial charge is 0.229 e. The van der Waals surface area contributed by atoms with Gasteiger partial charge in [-0.15, -0.1) is 0 Å². The van der Waals surface area contributed by atoms with Crippen molar-refractivity contribution in [3.05, 3.63) is 83.6 Å². The Balaban J connectivity index is 1.48. The molecule has 6 N–H and O–H groups in total. The van der Waals surface area contributed by atoms with E-state index in [1.54, 1.807) is 48.7 Å². The quantitative estimate of drug-likeness (QED) is 0.345. The minimum atomic E-state index is -3.74. The van der Waals surface area contributed by atoms with E-state index in [0.29, 0.717) is 40.6 Å². The van der Waals surface area contributed by atoms with Crippen molar-refractivity contribution in [1.82, 2.24) is 9.97 Å². The molecule has 2 aliphatic heterocycles. The number of nitrogens with zero attached hydrogens (tertiary/aromatic N) is 2. The van der Waals surface area contributed by atoms with Crippen LogP contribution in [0.1, 0.15) is 22.1 Å². The second-order valence-electron chi connectivity index (χ2n) is 8.17. The summed E-state index contributed by atoms with van der Waals surface area (Å²) in [6.45, 7) is 0. The average Bonchev–Trinajstić information content (AvgIpc) is 2.84. The summed E-state index contributed by atoms with van der Waals surface area (Å²) in [4.78, 5) is 8.16. The van der Waals surface area contributed by atoms with E-state index in [9.17, 15) is 8.42 Å². The highest BCUT2D eigenvalue weighted by molar-refractivity contribution is 7.91. The molecule has 0 saturated heterocycles. The molecule has 1 aromatic heterocycles. The molecule has 6 rings (SSSR count). The van der Waals surface area contributed by atoms with Crippen LogP contribution in [0.3, 0.4) is 0 Å². The first-order valence-corrected chi connectivity index (χ1v) is 12.2. The van der Waals surface area contributed by atoms with E-state index < -0.39 is 15.3 Å². The van der Waals surface area contributed by atoms with Crippen LogP contribution in [0.4, 0.5) is 17.5 Å². The molecular weight excluding hydrogens is 466 g/mol. The second-order valence-corrected chi connectivity index (χ2v) is 10.2. The maximum absolute atomic E-state index is 13.2. The van der Waals surface area contributed by atoms with Gasteiger partial charge in [0, 0.05) is 29.4 Å². The van der Waals surface area contributed by atoms with Gasteiger partial charge in [0.1, 0.15) is 5.82 Å². The molecule has 2 aliphatic rings. The summed E-state index contributed by atoms with van der Waals surface area (Å²) in [6.07, 6.45) is 2.01. The van der Waals surface area contributed by atoms with Gasteiger partial charge < -0.3 is 26.7 Å². The van der Waals surface area contributed by atoms with E-state index in [1.807, 2.05) is 18.2 Å². The van der Waals surface area contributed by atoms with Crippen LogP contribution in [0.15, 0.2) is 71.8 Å². The average molecular weight is 490 g/mol. The van der Waals surface area contributed by atoms with Crippen LogP contribution in [0.25, 0.3) is 11.1 Å². The number of fused-ring (bicyclic) bond motifs is 3. The molecule has 178 valence electrons. The van der Waals surface area contributed by atoms with Gasteiger partial charge in [-0.05, 0) is 53.1 Å². The zero-order chi connectivity index (χ0) is 24.7. The number of sulfone groups is 1. The minimum absolute atomic E-state index is 0.104. The summed E-state index contributed by atoms with van der Waals surface area (Å²) < 4.78 is 38.0. The number of nitrogens with two attached hydrogens (primary N) is 3. The molecule has 9 nitrogen and oxygen atoms in total. The molecule has 0 fully saturated rings. The van der Waals surface area contributed by atoms with Gasteiger partial charge in [-0.3, -0.25) is 0 Å². The van der Waals surface area contributed by atoms with Crippen molar-refractivity contribution < 1.29 is 17.9 Å². The maximum atomic E-state index is 13.2. The van der Waals surface area contributed by atoms with Gasteiger partial charge in [0.05, 0.1) is 12.0 Å². The summed E-state index contributed by atoms with van der Waals surface area (Å²) in [5, 5.41) is 0. The Kier molecular flexibility index (Phi) is 5.45. The third-order valence-electron chi connectivity index (χ3n) is 5.88. The van der Waals surface area contributed by atoms with Crippen LogP contribution < -0.4 is 26.7 Å². The third-order valence-corrected chi connectivity index (χ3v) is 7.71. The Morgan fingerprint density at radius 3 is 2.43 bits per heavy atom. The molecule has 3 aromatic carbocycles. The van der Waals surface area contributed by atoms with Crippen LogP contribution >= 0.6 is 0 Å². The minimum Gasteiger partial charge on any atom is -0.493 e. The van der Waals surface area contributed by atoms with E-state index in [2.05, 4.69) is 9.97 Å². The molecule has 1 atom stereocenters. The number of nitrogen functional groups attached to an aromatic ring is 3. The first kappa shape index (κ1) is 22.5. The Morgan fingerprint density at radius 2 is 1.71 bits per heavy atom. The topological polar surface area (TPSA) is 156 Å². The second kappa shape index (κ2) is 8.48. The summed E-state index contributed by atoms with van der Waals surface area (Å²) >= 11 is 0. The number of aromatic nitrogens is 2. The molecule has 3 heterocycles. The van der Waals surface area contributed by atoms with Crippen molar-refractivity contribution in [2.75, 3.05) is 24.3 Å². The number of benzene rings is 3. The van der Waals surface area contributed by atoms with Crippen LogP contribution in [0.5, 0.6) is 11.5 Å². The SMILES string of the molecule is COc1cc(Cc2cnc(N)nc2N)ccc1OC1c2ccc(cc2-c2ccc(N)cc2)S1(=O)=O. The molecule has 0 radical (unpaired) electrons. The molecule has 0 amide bonds. The highest BCUT2D eigenvalue weighted by Gasteiger charge is 2.39. The fraction of sp³-hybridized carbons (Fsp3) is 0.120. The lowest BCUT2D eigenvalue weighted by Gasteiger charge is -2.28. The van der Waals surface area contributed by atoms with Crippen molar-refractivity contribution in [2.24, 2.45) is 0 Å². The number of methoxy groups -OCH3 is 1. The van der Waals surface area contributed by atoms with Gasteiger partial charge in [0.15, 0.2) is 11.5 Å². The van der Waals surface area contributed by atoms with E-state index in [-0.39, 0.29) is 10.8 Å². The van der Waals surface area contributed by atoms with Crippen LogP contribution in [0.2, 0.25) is 0 Å². The lowest BCUT2D eigenvalue weighted by Crippen LogP contribution is -2.25. The van der Waals surface area contributed by atoms with Crippen molar-refractivity contribution >= 4 is 27.3 Å². The molecule has 0 saturated carbocycles. The lowest BCUT2D eigenvalue weighted by molar-refractivity contribution is 0.261. The van der Waals surface area contributed by atoms with Gasteiger partial charge >= 0.3 is 0 Å². The van der Waals surface area contributed by atoms with Gasteiger partial charge in [-0.1, -0.05) is 24.3 Å². The van der Waals surface area contributed by atoms with E-state index >= 15 is 0 Å². The highest BCUT2D eigenvalue weighted by Crippen LogP contribution is 2.45. The molecule has 4 aromatic rings. The van der Waals surface area contributed by atoms with Gasteiger partial charge in [0.25, 0.3) is 0 Å². The zero-order valence-corrected chi connectivity index (χ0v) is 19.6. The van der Waals surface area contributed by atoms with Crippen LogP contribution in [-0.4, -0.2) is 25.5 Å². The molecule has 0 spiro atoms. The molecule has 35 heavy (non-hydrogen) atoms. The van der Waals surface area contributed by atoms with E-state index in [0.717, 1.165) is 16.7 Å². The molecule has 1 unspecified atom stereocenters. The van der Waals surface area contributed by atoms with Crippen molar-refractivity contribution in [2.45, 2.75) is 16.8 Å². The summed E-state index contributed by atoms with van der Waals surface area (Å²) in [5.74, 6) is 1.09. The fourth-order valence-corrected chi connectivity index (χ4v) is 5.63. The fourth-order valence-electron chi connectivity index (χ4n) is 4.07. The monoisotopic (exact) mass is 489 g/mol. The van der Waals surface area contributed by atoms with Crippen molar-refractivity contribution in [1.29, 1.82) is 0 Å².